The normalized spacial score (nSPS) is 12.5. The lowest BCUT2D eigenvalue weighted by Gasteiger charge is -2.03. The topological polar surface area (TPSA) is 37.3 Å². The zero-order valence-corrected chi connectivity index (χ0v) is 7.33. The molecule has 0 aliphatic rings. The molecule has 1 rings (SSSR count). The van der Waals surface area contributed by atoms with Crippen LogP contribution in [0, 0.1) is 6.92 Å². The van der Waals surface area contributed by atoms with Crippen LogP contribution in [0.3, 0.4) is 0 Å². The molecule has 1 N–H and O–H groups in total. The van der Waals surface area contributed by atoms with Gasteiger partial charge >= 0.3 is 5.97 Å². The molecule has 3 heteroatoms. The van der Waals surface area contributed by atoms with Crippen LogP contribution in [0.5, 0.6) is 0 Å². The van der Waals surface area contributed by atoms with Gasteiger partial charge in [0.05, 0.1) is 0 Å². The van der Waals surface area contributed by atoms with E-state index in [9.17, 15) is 9.18 Å². The van der Waals surface area contributed by atoms with Gasteiger partial charge in [0, 0.05) is 6.42 Å². The van der Waals surface area contributed by atoms with E-state index in [2.05, 4.69) is 0 Å². The number of alkyl halides is 1. The highest BCUT2D eigenvalue weighted by molar-refractivity contribution is 5.72. The SMILES string of the molecule is Cc1cccc(CC(F)C(=O)O)c1. The molecule has 2 nitrogen and oxygen atoms in total. The Morgan fingerprint density at radius 1 is 1.62 bits per heavy atom. The summed E-state index contributed by atoms with van der Waals surface area (Å²) in [6.07, 6.45) is -1.86. The predicted molar refractivity (Wildman–Crippen MR) is 47.4 cm³/mol. The highest BCUT2D eigenvalue weighted by atomic mass is 19.1. The molecule has 0 radical (unpaired) electrons. The van der Waals surface area contributed by atoms with Gasteiger partial charge in [-0.05, 0) is 12.5 Å². The van der Waals surface area contributed by atoms with Gasteiger partial charge < -0.3 is 5.11 Å². The van der Waals surface area contributed by atoms with E-state index in [1.165, 1.54) is 0 Å². The minimum absolute atomic E-state index is 0.0585. The number of hydrogen-bond acceptors (Lipinski definition) is 1. The van der Waals surface area contributed by atoms with Crippen LogP contribution in [0.1, 0.15) is 11.1 Å². The molecule has 1 aromatic carbocycles. The summed E-state index contributed by atoms with van der Waals surface area (Å²) < 4.78 is 12.7. The van der Waals surface area contributed by atoms with Crippen LogP contribution in [0.2, 0.25) is 0 Å². The molecule has 0 spiro atoms. The lowest BCUT2D eigenvalue weighted by atomic mass is 10.1. The Bertz CT molecular complexity index is 310. The number of aryl methyl sites for hydroxylation is 1. The Kier molecular flexibility index (Phi) is 3.01. The van der Waals surface area contributed by atoms with Gasteiger partial charge in [-0.1, -0.05) is 29.8 Å². The van der Waals surface area contributed by atoms with Crippen molar-refractivity contribution in [3.8, 4) is 0 Å². The standard InChI is InChI=1S/C10H11FO2/c1-7-3-2-4-8(5-7)6-9(11)10(12)13/h2-5,9H,6H2,1H3,(H,12,13). The number of halogens is 1. The smallest absolute Gasteiger partial charge is 0.338 e. The van der Waals surface area contributed by atoms with E-state index in [-0.39, 0.29) is 6.42 Å². The molecule has 70 valence electrons. The Morgan fingerprint density at radius 2 is 2.31 bits per heavy atom. The number of carbonyl (C=O) groups is 1. The van der Waals surface area contributed by atoms with Crippen LogP contribution in [0.25, 0.3) is 0 Å². The van der Waals surface area contributed by atoms with Crippen molar-refractivity contribution >= 4 is 5.97 Å². The van der Waals surface area contributed by atoms with Gasteiger partial charge in [-0.25, -0.2) is 9.18 Å². The van der Waals surface area contributed by atoms with E-state index in [0.29, 0.717) is 0 Å². The fourth-order valence-corrected chi connectivity index (χ4v) is 1.13. The molecule has 0 fully saturated rings. The largest absolute Gasteiger partial charge is 0.479 e. The van der Waals surface area contributed by atoms with Gasteiger partial charge in [0.15, 0.2) is 0 Å². The molecule has 13 heavy (non-hydrogen) atoms. The zero-order chi connectivity index (χ0) is 9.84. The first-order valence-corrected chi connectivity index (χ1v) is 4.02. The van der Waals surface area contributed by atoms with Crippen molar-refractivity contribution in [1.29, 1.82) is 0 Å². The zero-order valence-electron chi connectivity index (χ0n) is 7.33. The fraction of sp³-hybridized carbons (Fsp3) is 0.300. The third-order valence-corrected chi connectivity index (χ3v) is 1.77. The predicted octanol–water partition coefficient (Wildman–Crippen LogP) is 1.96. The number of carboxylic acid groups (broad SMARTS) is 1. The van der Waals surface area contributed by atoms with E-state index in [4.69, 9.17) is 5.11 Å². The summed E-state index contributed by atoms with van der Waals surface area (Å²) in [5.41, 5.74) is 1.73. The second kappa shape index (κ2) is 4.03. The molecular formula is C10H11FO2. The molecule has 1 unspecified atom stereocenters. The molecule has 0 saturated carbocycles. The maximum Gasteiger partial charge on any atom is 0.338 e. The van der Waals surface area contributed by atoms with Gasteiger partial charge in [-0.15, -0.1) is 0 Å². The van der Waals surface area contributed by atoms with Crippen molar-refractivity contribution < 1.29 is 14.3 Å². The Hall–Kier alpha value is -1.38. The molecule has 0 amide bonds. The molecule has 0 aliphatic heterocycles. The molecular weight excluding hydrogens is 171 g/mol. The van der Waals surface area contributed by atoms with Crippen molar-refractivity contribution in [3.05, 3.63) is 35.4 Å². The minimum Gasteiger partial charge on any atom is -0.479 e. The summed E-state index contributed by atoms with van der Waals surface area (Å²) in [6.45, 7) is 1.89. The van der Waals surface area contributed by atoms with Crippen molar-refractivity contribution in [1.82, 2.24) is 0 Å². The molecule has 0 saturated heterocycles. The van der Waals surface area contributed by atoms with Gasteiger partial charge in [0.2, 0.25) is 6.17 Å². The maximum atomic E-state index is 12.7. The molecule has 0 aromatic heterocycles. The van der Waals surface area contributed by atoms with E-state index in [1.54, 1.807) is 18.2 Å². The Balaban J connectivity index is 2.69. The van der Waals surface area contributed by atoms with Crippen LogP contribution >= 0.6 is 0 Å². The first kappa shape index (κ1) is 9.71. The maximum absolute atomic E-state index is 12.7. The number of hydrogen-bond donors (Lipinski definition) is 1. The summed E-state index contributed by atoms with van der Waals surface area (Å²) >= 11 is 0. The molecule has 0 heterocycles. The average molecular weight is 182 g/mol. The third kappa shape index (κ3) is 2.86. The summed E-state index contributed by atoms with van der Waals surface area (Å²) in [7, 11) is 0. The molecule has 0 aliphatic carbocycles. The van der Waals surface area contributed by atoms with Crippen LogP contribution in [0.15, 0.2) is 24.3 Å². The Labute approximate surface area is 76.0 Å². The van der Waals surface area contributed by atoms with Gasteiger partial charge in [-0.3, -0.25) is 0 Å². The molecule has 0 bridgehead atoms. The van der Waals surface area contributed by atoms with E-state index < -0.39 is 12.1 Å². The van der Waals surface area contributed by atoms with Crippen molar-refractivity contribution in [2.24, 2.45) is 0 Å². The van der Waals surface area contributed by atoms with Gasteiger partial charge in [0.1, 0.15) is 0 Å². The van der Waals surface area contributed by atoms with Gasteiger partial charge in [0.25, 0.3) is 0 Å². The summed E-state index contributed by atoms with van der Waals surface area (Å²) in [6, 6.07) is 7.19. The molecule has 1 aromatic rings. The lowest BCUT2D eigenvalue weighted by molar-refractivity contribution is -0.142. The van der Waals surface area contributed by atoms with E-state index in [1.807, 2.05) is 13.0 Å². The van der Waals surface area contributed by atoms with E-state index >= 15 is 0 Å². The minimum atomic E-state index is -1.80. The average Bonchev–Trinajstić information content (AvgIpc) is 2.04. The number of rotatable bonds is 3. The molecule has 1 atom stereocenters. The summed E-state index contributed by atoms with van der Waals surface area (Å²) in [5, 5.41) is 8.34. The van der Waals surface area contributed by atoms with Crippen LogP contribution in [-0.4, -0.2) is 17.2 Å². The second-order valence-corrected chi connectivity index (χ2v) is 3.00. The Morgan fingerprint density at radius 3 is 2.85 bits per heavy atom. The first-order valence-electron chi connectivity index (χ1n) is 4.02. The van der Waals surface area contributed by atoms with Crippen LogP contribution < -0.4 is 0 Å². The van der Waals surface area contributed by atoms with Crippen molar-refractivity contribution in [2.75, 3.05) is 0 Å². The van der Waals surface area contributed by atoms with E-state index in [0.717, 1.165) is 11.1 Å². The summed E-state index contributed by atoms with van der Waals surface area (Å²) in [4.78, 5) is 10.2. The van der Waals surface area contributed by atoms with Crippen LogP contribution in [0.4, 0.5) is 4.39 Å². The fourth-order valence-electron chi connectivity index (χ4n) is 1.13. The highest BCUT2D eigenvalue weighted by Gasteiger charge is 2.15. The second-order valence-electron chi connectivity index (χ2n) is 3.00. The quantitative estimate of drug-likeness (QED) is 0.775. The highest BCUT2D eigenvalue weighted by Crippen LogP contribution is 2.08. The first-order chi connectivity index (χ1) is 6.09. The third-order valence-electron chi connectivity index (χ3n) is 1.77. The van der Waals surface area contributed by atoms with Crippen molar-refractivity contribution in [3.63, 3.8) is 0 Å². The number of benzene rings is 1. The van der Waals surface area contributed by atoms with Crippen LogP contribution in [-0.2, 0) is 11.2 Å². The lowest BCUT2D eigenvalue weighted by Crippen LogP contribution is -2.17. The number of carboxylic acids is 1. The van der Waals surface area contributed by atoms with Crippen molar-refractivity contribution in [2.45, 2.75) is 19.5 Å². The number of aliphatic carboxylic acids is 1. The van der Waals surface area contributed by atoms with Gasteiger partial charge in [-0.2, -0.15) is 0 Å². The summed E-state index contributed by atoms with van der Waals surface area (Å²) in [5.74, 6) is -1.40. The monoisotopic (exact) mass is 182 g/mol.